The van der Waals surface area contributed by atoms with Crippen LogP contribution in [-0.2, 0) is 12.8 Å². The summed E-state index contributed by atoms with van der Waals surface area (Å²) in [6.07, 6.45) is 0. The number of nitrogens with zero attached hydrogens (tertiary/aromatic N) is 4. The molecule has 2 heterocycles. The summed E-state index contributed by atoms with van der Waals surface area (Å²) in [6.45, 7) is 0. The second kappa shape index (κ2) is 8.12. The van der Waals surface area contributed by atoms with Crippen LogP contribution in [0.5, 0.6) is 0 Å². The van der Waals surface area contributed by atoms with E-state index in [9.17, 15) is 0 Å². The molecule has 136 valence electrons. The predicted octanol–water partition coefficient (Wildman–Crippen LogP) is 5.63. The number of rotatable bonds is 6. The molecule has 0 saturated carbocycles. The van der Waals surface area contributed by atoms with Gasteiger partial charge in [-0.2, -0.15) is 0 Å². The lowest BCUT2D eigenvalue weighted by Crippen LogP contribution is -1.95. The first kappa shape index (κ1) is 18.0. The number of benzene rings is 2. The van der Waals surface area contributed by atoms with Gasteiger partial charge in [0.2, 0.25) is 0 Å². The van der Waals surface area contributed by atoms with Gasteiger partial charge in [0, 0.05) is 34.5 Å². The van der Waals surface area contributed by atoms with E-state index in [0.717, 1.165) is 38.8 Å². The number of nitrogens with one attached hydrogen (secondary N) is 1. The third-order valence-electron chi connectivity index (χ3n) is 3.86. The summed E-state index contributed by atoms with van der Waals surface area (Å²) in [7, 11) is 1.97. The minimum atomic E-state index is 0.707. The maximum Gasteiger partial charge on any atom is 0.191 e. The highest BCUT2D eigenvalue weighted by Crippen LogP contribution is 2.28. The minimum Gasteiger partial charge on any atom is -0.332 e. The van der Waals surface area contributed by atoms with Crippen LogP contribution in [-0.4, -0.2) is 19.7 Å². The van der Waals surface area contributed by atoms with Crippen LogP contribution in [0, 0.1) is 0 Å². The smallest absolute Gasteiger partial charge is 0.191 e. The van der Waals surface area contributed by atoms with Crippen LogP contribution in [0.1, 0.15) is 5.69 Å². The Morgan fingerprint density at radius 1 is 1.07 bits per heavy atom. The Balaban J connectivity index is 1.41. The molecule has 0 amide bonds. The van der Waals surface area contributed by atoms with Gasteiger partial charge >= 0.3 is 0 Å². The number of hydrogen-bond donors (Lipinski definition) is 1. The number of aromatic nitrogens is 4. The first-order chi connectivity index (χ1) is 13.2. The maximum atomic E-state index is 5.96. The summed E-state index contributed by atoms with van der Waals surface area (Å²) in [5, 5.41) is 16.4. The number of para-hydroxylation sites is 1. The van der Waals surface area contributed by atoms with E-state index >= 15 is 0 Å². The van der Waals surface area contributed by atoms with E-state index in [1.807, 2.05) is 66.2 Å². The third-order valence-corrected chi connectivity index (χ3v) is 5.98. The SMILES string of the molecule is Cn1c(SCc2csc(Nc3ccccc3)n2)nnc1-c1ccc(Cl)cc1. The zero-order chi connectivity index (χ0) is 18.6. The zero-order valence-electron chi connectivity index (χ0n) is 14.5. The normalized spacial score (nSPS) is 10.9. The predicted molar refractivity (Wildman–Crippen MR) is 113 cm³/mol. The van der Waals surface area contributed by atoms with Gasteiger partial charge in [-0.25, -0.2) is 4.98 Å². The molecule has 0 spiro atoms. The molecule has 4 rings (SSSR count). The quantitative estimate of drug-likeness (QED) is 0.415. The fourth-order valence-electron chi connectivity index (χ4n) is 2.51. The Morgan fingerprint density at radius 2 is 1.85 bits per heavy atom. The van der Waals surface area contributed by atoms with Crippen molar-refractivity contribution in [2.75, 3.05) is 5.32 Å². The summed E-state index contributed by atoms with van der Waals surface area (Å²) in [5.74, 6) is 1.55. The Hall–Kier alpha value is -2.35. The third kappa shape index (κ3) is 4.32. The van der Waals surface area contributed by atoms with Crippen molar-refractivity contribution in [3.8, 4) is 11.4 Å². The fourth-order valence-corrected chi connectivity index (χ4v) is 4.27. The van der Waals surface area contributed by atoms with Crippen molar-refractivity contribution < 1.29 is 0 Å². The lowest BCUT2D eigenvalue weighted by Gasteiger charge is -2.03. The average molecular weight is 414 g/mol. The van der Waals surface area contributed by atoms with Crippen molar-refractivity contribution in [1.82, 2.24) is 19.7 Å². The number of halogens is 1. The molecular weight excluding hydrogens is 398 g/mol. The molecule has 0 radical (unpaired) electrons. The molecule has 0 bridgehead atoms. The number of hydrogen-bond acceptors (Lipinski definition) is 6. The van der Waals surface area contributed by atoms with Gasteiger partial charge in [-0.15, -0.1) is 21.5 Å². The monoisotopic (exact) mass is 413 g/mol. The Morgan fingerprint density at radius 3 is 2.63 bits per heavy atom. The summed E-state index contributed by atoms with van der Waals surface area (Å²) in [4.78, 5) is 4.64. The zero-order valence-corrected chi connectivity index (χ0v) is 16.9. The van der Waals surface area contributed by atoms with Gasteiger partial charge in [0.15, 0.2) is 16.1 Å². The highest BCUT2D eigenvalue weighted by molar-refractivity contribution is 7.98. The van der Waals surface area contributed by atoms with Crippen molar-refractivity contribution in [3.63, 3.8) is 0 Å². The van der Waals surface area contributed by atoms with Crippen LogP contribution in [0.25, 0.3) is 11.4 Å². The van der Waals surface area contributed by atoms with Gasteiger partial charge in [0.1, 0.15) is 0 Å². The summed E-state index contributed by atoms with van der Waals surface area (Å²) in [5.41, 5.74) is 3.04. The summed E-state index contributed by atoms with van der Waals surface area (Å²) >= 11 is 9.17. The van der Waals surface area contributed by atoms with Crippen LogP contribution >= 0.6 is 34.7 Å². The lowest BCUT2D eigenvalue weighted by atomic mass is 10.2. The van der Waals surface area contributed by atoms with Gasteiger partial charge in [-0.05, 0) is 36.4 Å². The first-order valence-electron chi connectivity index (χ1n) is 8.23. The maximum absolute atomic E-state index is 5.96. The second-order valence-corrected chi connectivity index (χ2v) is 8.03. The highest BCUT2D eigenvalue weighted by Gasteiger charge is 2.12. The molecule has 4 aromatic rings. The van der Waals surface area contributed by atoms with E-state index < -0.39 is 0 Å². The Labute approximate surface area is 170 Å². The number of thioether (sulfide) groups is 1. The fraction of sp³-hybridized carbons (Fsp3) is 0.105. The summed E-state index contributed by atoms with van der Waals surface area (Å²) < 4.78 is 1.99. The number of anilines is 2. The molecule has 0 aliphatic heterocycles. The van der Waals surface area contributed by atoms with Crippen LogP contribution in [0.3, 0.4) is 0 Å². The summed E-state index contributed by atoms with van der Waals surface area (Å²) in [6, 6.07) is 17.6. The Kier molecular flexibility index (Phi) is 5.42. The number of thiazole rings is 1. The largest absolute Gasteiger partial charge is 0.332 e. The molecule has 2 aromatic heterocycles. The van der Waals surface area contributed by atoms with Crippen LogP contribution < -0.4 is 5.32 Å². The molecule has 5 nitrogen and oxygen atoms in total. The van der Waals surface area contributed by atoms with Crippen molar-refractivity contribution >= 4 is 45.5 Å². The van der Waals surface area contributed by atoms with Crippen molar-refractivity contribution in [3.05, 3.63) is 70.7 Å². The first-order valence-corrected chi connectivity index (χ1v) is 10.5. The van der Waals surface area contributed by atoms with E-state index in [0.29, 0.717) is 5.02 Å². The topological polar surface area (TPSA) is 55.6 Å². The van der Waals surface area contributed by atoms with E-state index in [1.165, 1.54) is 0 Å². The van der Waals surface area contributed by atoms with Gasteiger partial charge in [0.25, 0.3) is 0 Å². The highest BCUT2D eigenvalue weighted by atomic mass is 35.5. The molecule has 1 N–H and O–H groups in total. The standard InChI is InChI=1S/C19H16ClN5S2/c1-25-17(13-7-9-14(20)10-8-13)23-24-19(25)27-12-16-11-26-18(22-16)21-15-5-3-2-4-6-15/h2-11H,12H2,1H3,(H,21,22). The van der Waals surface area contributed by atoms with Gasteiger partial charge < -0.3 is 9.88 Å². The van der Waals surface area contributed by atoms with Gasteiger partial charge in [0.05, 0.1) is 5.69 Å². The molecule has 0 aliphatic carbocycles. The van der Waals surface area contributed by atoms with Crippen molar-refractivity contribution in [1.29, 1.82) is 0 Å². The molecule has 27 heavy (non-hydrogen) atoms. The molecule has 2 aromatic carbocycles. The van der Waals surface area contributed by atoms with E-state index in [2.05, 4.69) is 25.9 Å². The molecule has 0 saturated heterocycles. The molecular formula is C19H16ClN5S2. The van der Waals surface area contributed by atoms with Crippen LogP contribution in [0.4, 0.5) is 10.8 Å². The molecule has 0 atom stereocenters. The molecule has 8 heteroatoms. The van der Waals surface area contributed by atoms with Crippen molar-refractivity contribution in [2.24, 2.45) is 7.05 Å². The second-order valence-electron chi connectivity index (χ2n) is 5.80. The van der Waals surface area contributed by atoms with E-state index in [4.69, 9.17) is 11.6 Å². The average Bonchev–Trinajstić information content (AvgIpc) is 3.28. The molecule has 0 aliphatic rings. The molecule has 0 unspecified atom stereocenters. The van der Waals surface area contributed by atoms with Gasteiger partial charge in [-0.1, -0.05) is 41.6 Å². The van der Waals surface area contributed by atoms with E-state index in [-0.39, 0.29) is 0 Å². The Bertz CT molecular complexity index is 1030. The molecule has 0 fully saturated rings. The minimum absolute atomic E-state index is 0.707. The van der Waals surface area contributed by atoms with Crippen molar-refractivity contribution in [2.45, 2.75) is 10.9 Å². The van der Waals surface area contributed by atoms with Crippen LogP contribution in [0.15, 0.2) is 65.1 Å². The van der Waals surface area contributed by atoms with Crippen LogP contribution in [0.2, 0.25) is 5.02 Å². The van der Waals surface area contributed by atoms with Gasteiger partial charge in [-0.3, -0.25) is 0 Å². The lowest BCUT2D eigenvalue weighted by molar-refractivity contribution is 0.793. The van der Waals surface area contributed by atoms with E-state index in [1.54, 1.807) is 23.1 Å².